The number of esters is 1. The highest BCUT2D eigenvalue weighted by Crippen LogP contribution is 2.28. The average Bonchev–Trinajstić information content (AvgIpc) is 2.71. The molecule has 1 heterocycles. The number of aldehydes is 1. The van der Waals surface area contributed by atoms with Crippen molar-refractivity contribution in [1.82, 2.24) is 4.57 Å². The molecule has 20 heavy (non-hydrogen) atoms. The van der Waals surface area contributed by atoms with Crippen molar-refractivity contribution in [2.75, 3.05) is 6.61 Å². The van der Waals surface area contributed by atoms with E-state index in [4.69, 9.17) is 4.74 Å². The molecule has 0 aliphatic rings. The van der Waals surface area contributed by atoms with Crippen LogP contribution in [0.5, 0.6) is 0 Å². The molecule has 0 fully saturated rings. The first kappa shape index (κ1) is 13.7. The Morgan fingerprint density at radius 3 is 2.75 bits per heavy atom. The number of benzene rings is 1. The molecule has 0 spiro atoms. The molecule has 2 rings (SSSR count). The predicted molar refractivity (Wildman–Crippen MR) is 70.9 cm³/mol. The fourth-order valence-corrected chi connectivity index (χ4v) is 2.12. The molecular formula is C13H12N2O5. The van der Waals surface area contributed by atoms with Crippen LogP contribution in [0.1, 0.15) is 27.8 Å². The number of non-ortho nitro benzene ring substituents is 1. The molecule has 0 unspecified atom stereocenters. The van der Waals surface area contributed by atoms with E-state index in [2.05, 4.69) is 0 Å². The van der Waals surface area contributed by atoms with Gasteiger partial charge in [0.15, 0.2) is 6.29 Å². The smallest absolute Gasteiger partial charge is 0.341 e. The Labute approximate surface area is 113 Å². The van der Waals surface area contributed by atoms with Gasteiger partial charge in [0.2, 0.25) is 0 Å². The Bertz CT molecular complexity index is 717. The normalized spacial score (nSPS) is 10.5. The molecule has 1 aromatic carbocycles. The third-order valence-electron chi connectivity index (χ3n) is 3.03. The van der Waals surface area contributed by atoms with Crippen LogP contribution in [0.4, 0.5) is 5.69 Å². The van der Waals surface area contributed by atoms with Gasteiger partial charge in [-0.25, -0.2) is 4.79 Å². The van der Waals surface area contributed by atoms with E-state index in [1.54, 1.807) is 14.0 Å². The molecule has 0 radical (unpaired) electrons. The number of nitro benzene ring substituents is 1. The number of fused-ring (bicyclic) bond motifs is 1. The second-order valence-corrected chi connectivity index (χ2v) is 4.12. The minimum absolute atomic E-state index is 0.0584. The Kier molecular flexibility index (Phi) is 3.51. The maximum absolute atomic E-state index is 12.0. The number of carbonyl (C=O) groups is 2. The number of aryl methyl sites for hydroxylation is 1. The van der Waals surface area contributed by atoms with Gasteiger partial charge in [0.1, 0.15) is 0 Å². The minimum Gasteiger partial charge on any atom is -0.462 e. The van der Waals surface area contributed by atoms with Crippen LogP contribution in [0.2, 0.25) is 0 Å². The molecule has 7 nitrogen and oxygen atoms in total. The van der Waals surface area contributed by atoms with E-state index < -0.39 is 10.9 Å². The lowest BCUT2D eigenvalue weighted by atomic mass is 10.1. The van der Waals surface area contributed by atoms with Gasteiger partial charge in [-0.05, 0) is 13.0 Å². The van der Waals surface area contributed by atoms with Crippen molar-refractivity contribution < 1.29 is 19.2 Å². The summed E-state index contributed by atoms with van der Waals surface area (Å²) in [5, 5.41) is 11.2. The number of hydrogen-bond acceptors (Lipinski definition) is 5. The molecular weight excluding hydrogens is 264 g/mol. The zero-order valence-electron chi connectivity index (χ0n) is 11.0. The second kappa shape index (κ2) is 5.12. The van der Waals surface area contributed by atoms with Crippen LogP contribution in [0.25, 0.3) is 10.9 Å². The number of hydrogen-bond donors (Lipinski definition) is 0. The molecule has 1 aromatic heterocycles. The summed E-state index contributed by atoms with van der Waals surface area (Å²) in [5.41, 5.74) is 0.605. The molecule has 0 aliphatic heterocycles. The number of rotatable bonds is 4. The molecule has 0 atom stereocenters. The first-order chi connectivity index (χ1) is 9.51. The van der Waals surface area contributed by atoms with E-state index in [1.165, 1.54) is 22.8 Å². The zero-order valence-corrected chi connectivity index (χ0v) is 11.0. The fraction of sp³-hybridized carbons (Fsp3) is 0.231. The third kappa shape index (κ3) is 2.03. The van der Waals surface area contributed by atoms with Crippen molar-refractivity contribution in [3.05, 3.63) is 39.6 Å². The largest absolute Gasteiger partial charge is 0.462 e. The minimum atomic E-state index is -0.666. The predicted octanol–water partition coefficient (Wildman–Crippen LogP) is 2.08. The SMILES string of the molecule is CCOC(=O)c1c(C=O)n(C)c2ccc([N+](=O)[O-])cc12. The summed E-state index contributed by atoms with van der Waals surface area (Å²) in [6.45, 7) is 1.80. The molecule has 0 N–H and O–H groups in total. The van der Waals surface area contributed by atoms with Gasteiger partial charge < -0.3 is 9.30 Å². The summed E-state index contributed by atoms with van der Waals surface area (Å²) in [7, 11) is 1.61. The van der Waals surface area contributed by atoms with E-state index in [-0.39, 0.29) is 23.6 Å². The van der Waals surface area contributed by atoms with Gasteiger partial charge in [-0.2, -0.15) is 0 Å². The Morgan fingerprint density at radius 2 is 2.20 bits per heavy atom. The number of aromatic nitrogens is 1. The first-order valence-electron chi connectivity index (χ1n) is 5.90. The van der Waals surface area contributed by atoms with Gasteiger partial charge in [0, 0.05) is 30.1 Å². The van der Waals surface area contributed by atoms with Crippen molar-refractivity contribution in [2.45, 2.75) is 6.92 Å². The van der Waals surface area contributed by atoms with Gasteiger partial charge in [-0.1, -0.05) is 0 Å². The van der Waals surface area contributed by atoms with Crippen molar-refractivity contribution in [3.63, 3.8) is 0 Å². The van der Waals surface area contributed by atoms with Crippen LogP contribution in [0, 0.1) is 10.1 Å². The summed E-state index contributed by atoms with van der Waals surface area (Å²) >= 11 is 0. The Balaban J connectivity index is 2.80. The Morgan fingerprint density at radius 1 is 1.50 bits per heavy atom. The van der Waals surface area contributed by atoms with Crippen LogP contribution < -0.4 is 0 Å². The van der Waals surface area contributed by atoms with E-state index in [9.17, 15) is 19.7 Å². The summed E-state index contributed by atoms with van der Waals surface area (Å²) in [5.74, 6) is -0.666. The number of ether oxygens (including phenoxy) is 1. The second-order valence-electron chi connectivity index (χ2n) is 4.12. The maximum atomic E-state index is 12.0. The van der Waals surface area contributed by atoms with E-state index >= 15 is 0 Å². The fourth-order valence-electron chi connectivity index (χ4n) is 2.12. The van der Waals surface area contributed by atoms with Crippen molar-refractivity contribution in [2.24, 2.45) is 7.05 Å². The number of nitrogens with zero attached hydrogens (tertiary/aromatic N) is 2. The topological polar surface area (TPSA) is 91.4 Å². The molecule has 0 saturated carbocycles. The molecule has 0 aliphatic carbocycles. The van der Waals surface area contributed by atoms with Crippen molar-refractivity contribution in [3.8, 4) is 0 Å². The lowest BCUT2D eigenvalue weighted by Crippen LogP contribution is -2.08. The number of carbonyl (C=O) groups excluding carboxylic acids is 2. The molecule has 104 valence electrons. The summed E-state index contributed by atoms with van der Waals surface area (Å²) in [6.07, 6.45) is 0.540. The quantitative estimate of drug-likeness (QED) is 0.369. The van der Waals surface area contributed by atoms with Gasteiger partial charge in [0.05, 0.1) is 22.8 Å². The van der Waals surface area contributed by atoms with Crippen LogP contribution >= 0.6 is 0 Å². The van der Waals surface area contributed by atoms with E-state index in [0.717, 1.165) is 0 Å². The molecule has 0 bridgehead atoms. The van der Waals surface area contributed by atoms with E-state index in [0.29, 0.717) is 17.2 Å². The maximum Gasteiger partial charge on any atom is 0.341 e. The highest BCUT2D eigenvalue weighted by molar-refractivity contribution is 6.11. The van der Waals surface area contributed by atoms with Gasteiger partial charge >= 0.3 is 5.97 Å². The highest BCUT2D eigenvalue weighted by atomic mass is 16.6. The Hall–Kier alpha value is -2.70. The van der Waals surface area contributed by atoms with Crippen LogP contribution in [-0.4, -0.2) is 28.4 Å². The first-order valence-corrected chi connectivity index (χ1v) is 5.90. The number of nitro groups is 1. The van der Waals surface area contributed by atoms with Crippen molar-refractivity contribution >= 4 is 28.8 Å². The molecule has 0 amide bonds. The van der Waals surface area contributed by atoms with Crippen LogP contribution in [0.3, 0.4) is 0 Å². The van der Waals surface area contributed by atoms with Gasteiger partial charge in [-0.3, -0.25) is 14.9 Å². The molecule has 0 saturated heterocycles. The molecule has 2 aromatic rings. The summed E-state index contributed by atoms with van der Waals surface area (Å²) in [6, 6.07) is 4.10. The van der Waals surface area contributed by atoms with Gasteiger partial charge in [0.25, 0.3) is 5.69 Å². The third-order valence-corrected chi connectivity index (χ3v) is 3.03. The zero-order chi connectivity index (χ0) is 14.9. The summed E-state index contributed by atoms with van der Waals surface area (Å²) < 4.78 is 6.42. The van der Waals surface area contributed by atoms with Crippen molar-refractivity contribution in [1.29, 1.82) is 0 Å². The van der Waals surface area contributed by atoms with Crippen LogP contribution in [-0.2, 0) is 11.8 Å². The van der Waals surface area contributed by atoms with E-state index in [1.807, 2.05) is 0 Å². The molecule has 7 heteroatoms. The standard InChI is InChI=1S/C13H12N2O5/c1-3-20-13(17)12-9-6-8(15(18)19)4-5-10(9)14(2)11(12)7-16/h4-7H,3H2,1-2H3. The highest BCUT2D eigenvalue weighted by Gasteiger charge is 2.23. The lowest BCUT2D eigenvalue weighted by molar-refractivity contribution is -0.384. The summed E-state index contributed by atoms with van der Waals surface area (Å²) in [4.78, 5) is 33.4. The monoisotopic (exact) mass is 276 g/mol. The average molecular weight is 276 g/mol. The lowest BCUT2D eigenvalue weighted by Gasteiger charge is -2.01. The van der Waals surface area contributed by atoms with Crippen LogP contribution in [0.15, 0.2) is 18.2 Å². The van der Waals surface area contributed by atoms with Gasteiger partial charge in [-0.15, -0.1) is 0 Å².